The van der Waals surface area contributed by atoms with E-state index in [4.69, 9.17) is 15.3 Å². The molecule has 0 aromatic carbocycles. The molecule has 0 aliphatic rings. The van der Waals surface area contributed by atoms with Gasteiger partial charge < -0.3 is 15.3 Å². The van der Waals surface area contributed by atoms with E-state index in [1.54, 1.807) is 6.92 Å². The van der Waals surface area contributed by atoms with Gasteiger partial charge in [0.1, 0.15) is 0 Å². The van der Waals surface area contributed by atoms with Gasteiger partial charge in [-0.2, -0.15) is 0 Å². The fourth-order valence-electron chi connectivity index (χ4n) is 0.949. The highest BCUT2D eigenvalue weighted by Gasteiger charge is 2.18. The first kappa shape index (κ1) is 12.4. The number of hydrogen-bond donors (Lipinski definition) is 2. The van der Waals surface area contributed by atoms with Crippen LogP contribution in [-0.2, 0) is 15.6 Å². The molecule has 16 heavy (non-hydrogen) atoms. The molecule has 6 nitrogen and oxygen atoms in total. The number of carbonyl (C=O) groups is 2. The minimum absolute atomic E-state index is 0.0158. The standard InChI is InChI=1S/C9H11NO5S/c1-5(8(10)11)4-16(14)7-3-2-6(15-7)9(12)13/h2-3,5H,4H2,1H3,(H2,10,11)(H,12,13). The largest absolute Gasteiger partial charge is 0.475 e. The third kappa shape index (κ3) is 2.93. The van der Waals surface area contributed by atoms with Crippen molar-refractivity contribution >= 4 is 22.7 Å². The first-order chi connectivity index (χ1) is 7.41. The Morgan fingerprint density at radius 1 is 1.56 bits per heavy atom. The van der Waals surface area contributed by atoms with Crippen molar-refractivity contribution in [2.75, 3.05) is 5.75 Å². The topological polar surface area (TPSA) is 111 Å². The molecule has 0 saturated heterocycles. The first-order valence-electron chi connectivity index (χ1n) is 4.42. The summed E-state index contributed by atoms with van der Waals surface area (Å²) in [6.45, 7) is 1.54. The van der Waals surface area contributed by atoms with Crippen LogP contribution < -0.4 is 5.73 Å². The molecular formula is C9H11NO5S. The van der Waals surface area contributed by atoms with Crippen molar-refractivity contribution in [3.8, 4) is 0 Å². The van der Waals surface area contributed by atoms with Gasteiger partial charge in [0.25, 0.3) is 0 Å². The Morgan fingerprint density at radius 3 is 2.62 bits per heavy atom. The fraction of sp³-hybridized carbons (Fsp3) is 0.333. The Labute approximate surface area is 93.9 Å². The van der Waals surface area contributed by atoms with E-state index in [1.165, 1.54) is 12.1 Å². The van der Waals surface area contributed by atoms with Crippen molar-refractivity contribution in [3.63, 3.8) is 0 Å². The maximum atomic E-state index is 11.6. The van der Waals surface area contributed by atoms with Crippen LogP contribution in [0.4, 0.5) is 0 Å². The minimum atomic E-state index is -1.56. The Balaban J connectivity index is 2.73. The molecule has 1 amide bonds. The number of carbonyl (C=O) groups excluding carboxylic acids is 1. The van der Waals surface area contributed by atoms with Crippen LogP contribution in [0.3, 0.4) is 0 Å². The van der Waals surface area contributed by atoms with E-state index in [0.717, 1.165) is 0 Å². The molecular weight excluding hydrogens is 234 g/mol. The van der Waals surface area contributed by atoms with Crippen LogP contribution in [0.2, 0.25) is 0 Å². The van der Waals surface area contributed by atoms with Crippen molar-refractivity contribution in [2.45, 2.75) is 12.0 Å². The summed E-state index contributed by atoms with van der Waals surface area (Å²) in [5, 5.41) is 8.62. The van der Waals surface area contributed by atoms with E-state index in [9.17, 15) is 13.8 Å². The Kier molecular flexibility index (Phi) is 3.83. The molecule has 2 unspecified atom stereocenters. The zero-order chi connectivity index (χ0) is 12.3. The molecule has 1 aromatic heterocycles. The molecule has 1 rings (SSSR count). The van der Waals surface area contributed by atoms with Crippen molar-refractivity contribution in [1.29, 1.82) is 0 Å². The number of primary amides is 1. The third-order valence-electron chi connectivity index (χ3n) is 1.90. The molecule has 88 valence electrons. The van der Waals surface area contributed by atoms with Gasteiger partial charge in [-0.25, -0.2) is 4.79 Å². The molecule has 0 spiro atoms. The van der Waals surface area contributed by atoms with Crippen LogP contribution in [0, 0.1) is 5.92 Å². The number of carboxylic acid groups (broad SMARTS) is 1. The summed E-state index contributed by atoms with van der Waals surface area (Å²) in [6.07, 6.45) is 0. The van der Waals surface area contributed by atoms with Crippen molar-refractivity contribution < 1.29 is 23.3 Å². The average molecular weight is 245 g/mol. The minimum Gasteiger partial charge on any atom is -0.475 e. The predicted molar refractivity (Wildman–Crippen MR) is 55.3 cm³/mol. The van der Waals surface area contributed by atoms with E-state index in [-0.39, 0.29) is 16.6 Å². The molecule has 2 atom stereocenters. The SMILES string of the molecule is CC(CS(=O)c1ccc(C(=O)O)o1)C(N)=O. The Morgan fingerprint density at radius 2 is 2.19 bits per heavy atom. The molecule has 0 aliphatic carbocycles. The lowest BCUT2D eigenvalue weighted by Gasteiger charge is -2.04. The van der Waals surface area contributed by atoms with Gasteiger partial charge in [0.05, 0.1) is 10.8 Å². The van der Waals surface area contributed by atoms with Gasteiger partial charge in [-0.15, -0.1) is 0 Å². The maximum absolute atomic E-state index is 11.6. The predicted octanol–water partition coefficient (Wildman–Crippen LogP) is 0.207. The van der Waals surface area contributed by atoms with Gasteiger partial charge in [-0.05, 0) is 12.1 Å². The van der Waals surface area contributed by atoms with Gasteiger partial charge in [0.15, 0.2) is 5.09 Å². The fourth-order valence-corrected chi connectivity index (χ4v) is 2.13. The van der Waals surface area contributed by atoms with E-state index >= 15 is 0 Å². The summed E-state index contributed by atoms with van der Waals surface area (Å²) < 4.78 is 16.4. The zero-order valence-corrected chi connectivity index (χ0v) is 9.32. The summed E-state index contributed by atoms with van der Waals surface area (Å²) in [6, 6.07) is 2.53. The summed E-state index contributed by atoms with van der Waals surface area (Å²) in [5.74, 6) is -2.61. The normalized spacial score (nSPS) is 14.3. The van der Waals surface area contributed by atoms with Crippen LogP contribution in [0.1, 0.15) is 17.5 Å². The molecule has 0 aliphatic heterocycles. The van der Waals surface area contributed by atoms with Gasteiger partial charge in [0, 0.05) is 11.7 Å². The second-order valence-corrected chi connectivity index (χ2v) is 4.67. The second kappa shape index (κ2) is 4.93. The molecule has 0 saturated carbocycles. The van der Waals surface area contributed by atoms with Crippen LogP contribution in [0.15, 0.2) is 21.6 Å². The number of hydrogen-bond acceptors (Lipinski definition) is 4. The number of nitrogens with two attached hydrogens (primary N) is 1. The van der Waals surface area contributed by atoms with Crippen molar-refractivity contribution in [1.82, 2.24) is 0 Å². The third-order valence-corrected chi connectivity index (χ3v) is 3.37. The number of carboxylic acids is 1. The molecule has 1 heterocycles. The Hall–Kier alpha value is -1.63. The number of amides is 1. The van der Waals surface area contributed by atoms with Gasteiger partial charge in [-0.3, -0.25) is 9.00 Å². The van der Waals surface area contributed by atoms with E-state index < -0.39 is 28.6 Å². The average Bonchev–Trinajstić information content (AvgIpc) is 2.65. The van der Waals surface area contributed by atoms with E-state index in [1.807, 2.05) is 0 Å². The first-order valence-corrected chi connectivity index (χ1v) is 5.74. The molecule has 0 fully saturated rings. The van der Waals surface area contributed by atoms with Gasteiger partial charge in [0.2, 0.25) is 11.7 Å². The number of aromatic carboxylic acids is 1. The molecule has 7 heteroatoms. The smallest absolute Gasteiger partial charge is 0.371 e. The van der Waals surface area contributed by atoms with Gasteiger partial charge in [-0.1, -0.05) is 6.92 Å². The lowest BCUT2D eigenvalue weighted by Crippen LogP contribution is -2.25. The van der Waals surface area contributed by atoms with Crippen LogP contribution >= 0.6 is 0 Å². The zero-order valence-electron chi connectivity index (χ0n) is 8.50. The lowest BCUT2D eigenvalue weighted by atomic mass is 10.2. The van der Waals surface area contributed by atoms with Crippen LogP contribution in [-0.4, -0.2) is 26.9 Å². The highest BCUT2D eigenvalue weighted by molar-refractivity contribution is 7.84. The summed E-state index contributed by atoms with van der Waals surface area (Å²) in [4.78, 5) is 21.2. The molecule has 0 radical (unpaired) electrons. The molecule has 0 bridgehead atoms. The van der Waals surface area contributed by atoms with E-state index in [2.05, 4.69) is 0 Å². The number of furan rings is 1. The monoisotopic (exact) mass is 245 g/mol. The van der Waals surface area contributed by atoms with E-state index in [0.29, 0.717) is 0 Å². The summed E-state index contributed by atoms with van der Waals surface area (Å²) in [7, 11) is -1.56. The summed E-state index contributed by atoms with van der Waals surface area (Å²) >= 11 is 0. The van der Waals surface area contributed by atoms with Crippen molar-refractivity contribution in [3.05, 3.63) is 17.9 Å². The Bertz CT molecular complexity index is 439. The quantitative estimate of drug-likeness (QED) is 0.770. The highest BCUT2D eigenvalue weighted by atomic mass is 32.2. The lowest BCUT2D eigenvalue weighted by molar-refractivity contribution is -0.120. The van der Waals surface area contributed by atoms with Crippen molar-refractivity contribution in [2.24, 2.45) is 11.7 Å². The van der Waals surface area contributed by atoms with Crippen LogP contribution in [0.25, 0.3) is 0 Å². The second-order valence-electron chi connectivity index (χ2n) is 3.24. The molecule has 3 N–H and O–H groups in total. The molecule has 1 aromatic rings. The highest BCUT2D eigenvalue weighted by Crippen LogP contribution is 2.14. The van der Waals surface area contributed by atoms with Crippen LogP contribution in [0.5, 0.6) is 0 Å². The number of rotatable bonds is 5. The maximum Gasteiger partial charge on any atom is 0.371 e. The summed E-state index contributed by atoms with van der Waals surface area (Å²) in [5.41, 5.74) is 5.02. The van der Waals surface area contributed by atoms with Gasteiger partial charge >= 0.3 is 5.97 Å².